The summed E-state index contributed by atoms with van der Waals surface area (Å²) in [6.45, 7) is 3.48. The van der Waals surface area contributed by atoms with Crippen LogP contribution < -0.4 is 5.73 Å². The molecule has 2 rings (SSSR count). The van der Waals surface area contributed by atoms with Crippen LogP contribution in [0.5, 0.6) is 0 Å². The maximum absolute atomic E-state index is 12.4. The molecule has 1 amide bonds. The molecule has 0 radical (unpaired) electrons. The van der Waals surface area contributed by atoms with E-state index < -0.39 is 0 Å². The molecule has 2 heterocycles. The fourth-order valence-corrected chi connectivity index (χ4v) is 1.95. The van der Waals surface area contributed by atoms with Gasteiger partial charge in [0.1, 0.15) is 5.76 Å². The van der Waals surface area contributed by atoms with Crippen molar-refractivity contribution >= 4 is 5.91 Å². The Morgan fingerprint density at radius 2 is 2.25 bits per heavy atom. The summed E-state index contributed by atoms with van der Waals surface area (Å²) in [4.78, 5) is 18.2. The number of amides is 1. The topological polar surface area (TPSA) is 72.4 Å². The van der Waals surface area contributed by atoms with E-state index in [0.29, 0.717) is 25.4 Å². The predicted molar refractivity (Wildman–Crippen MR) is 76.1 cm³/mol. The van der Waals surface area contributed by atoms with E-state index in [1.54, 1.807) is 29.4 Å². The quantitative estimate of drug-likeness (QED) is 0.873. The second-order valence-corrected chi connectivity index (χ2v) is 4.64. The summed E-state index contributed by atoms with van der Waals surface area (Å²) in [5.74, 6) is 0.979. The number of hydrogen-bond donors (Lipinski definition) is 1. The third-order valence-corrected chi connectivity index (χ3v) is 2.97. The van der Waals surface area contributed by atoms with Crippen LogP contribution in [0.2, 0.25) is 0 Å². The molecule has 0 aliphatic carbocycles. The molecule has 0 aliphatic rings. The minimum absolute atomic E-state index is 0.115. The highest BCUT2D eigenvalue weighted by atomic mass is 16.3. The van der Waals surface area contributed by atoms with Crippen molar-refractivity contribution in [1.82, 2.24) is 9.88 Å². The van der Waals surface area contributed by atoms with Crippen molar-refractivity contribution in [2.24, 2.45) is 5.73 Å². The van der Waals surface area contributed by atoms with Crippen LogP contribution in [0.15, 0.2) is 41.1 Å². The number of carbonyl (C=O) groups is 1. The van der Waals surface area contributed by atoms with E-state index >= 15 is 0 Å². The SMILES string of the molecule is Cc1ccc(C(=O)N(CCCN)Cc2cccnc2)o1. The summed E-state index contributed by atoms with van der Waals surface area (Å²) in [7, 11) is 0. The largest absolute Gasteiger partial charge is 0.456 e. The van der Waals surface area contributed by atoms with E-state index in [1.165, 1.54) is 0 Å². The van der Waals surface area contributed by atoms with Crippen molar-refractivity contribution in [1.29, 1.82) is 0 Å². The zero-order valence-corrected chi connectivity index (χ0v) is 11.6. The minimum atomic E-state index is -0.115. The molecule has 0 spiro atoms. The van der Waals surface area contributed by atoms with Crippen LogP contribution in [0.4, 0.5) is 0 Å². The van der Waals surface area contributed by atoms with E-state index in [1.807, 2.05) is 19.1 Å². The average Bonchev–Trinajstić information content (AvgIpc) is 2.90. The zero-order chi connectivity index (χ0) is 14.4. The van der Waals surface area contributed by atoms with E-state index in [0.717, 1.165) is 17.7 Å². The Labute approximate surface area is 118 Å². The summed E-state index contributed by atoms with van der Waals surface area (Å²) in [6, 6.07) is 7.30. The van der Waals surface area contributed by atoms with E-state index in [-0.39, 0.29) is 5.91 Å². The molecule has 0 aromatic carbocycles. The first kappa shape index (κ1) is 14.3. The Balaban J connectivity index is 2.12. The van der Waals surface area contributed by atoms with Gasteiger partial charge in [0.15, 0.2) is 5.76 Å². The van der Waals surface area contributed by atoms with Gasteiger partial charge in [0.25, 0.3) is 5.91 Å². The molecule has 0 aliphatic heterocycles. The molecule has 0 fully saturated rings. The van der Waals surface area contributed by atoms with Gasteiger partial charge in [-0.3, -0.25) is 9.78 Å². The van der Waals surface area contributed by atoms with Crippen LogP contribution >= 0.6 is 0 Å². The van der Waals surface area contributed by atoms with Crippen molar-refractivity contribution in [3.63, 3.8) is 0 Å². The standard InChI is InChI=1S/C15H19N3O2/c1-12-5-6-14(20-12)15(19)18(9-3-7-16)11-13-4-2-8-17-10-13/h2,4-6,8,10H,3,7,9,11,16H2,1H3. The van der Waals surface area contributed by atoms with Crippen LogP contribution in [0.25, 0.3) is 0 Å². The molecule has 0 unspecified atom stereocenters. The van der Waals surface area contributed by atoms with Crippen molar-refractivity contribution in [3.8, 4) is 0 Å². The number of aryl methyl sites for hydroxylation is 1. The molecule has 5 nitrogen and oxygen atoms in total. The van der Waals surface area contributed by atoms with Crippen molar-refractivity contribution in [2.75, 3.05) is 13.1 Å². The van der Waals surface area contributed by atoms with Gasteiger partial charge in [-0.1, -0.05) is 6.07 Å². The van der Waals surface area contributed by atoms with Gasteiger partial charge in [-0.15, -0.1) is 0 Å². The molecule has 2 aromatic heterocycles. The summed E-state index contributed by atoms with van der Waals surface area (Å²) >= 11 is 0. The molecule has 106 valence electrons. The Morgan fingerprint density at radius 3 is 2.85 bits per heavy atom. The molecular weight excluding hydrogens is 254 g/mol. The van der Waals surface area contributed by atoms with Gasteiger partial charge < -0.3 is 15.1 Å². The van der Waals surface area contributed by atoms with Crippen LogP contribution in [0.3, 0.4) is 0 Å². The van der Waals surface area contributed by atoms with Gasteiger partial charge in [0.05, 0.1) is 0 Å². The monoisotopic (exact) mass is 273 g/mol. The molecule has 0 atom stereocenters. The molecular formula is C15H19N3O2. The van der Waals surface area contributed by atoms with Gasteiger partial charge in [0, 0.05) is 25.5 Å². The molecule has 2 aromatic rings. The lowest BCUT2D eigenvalue weighted by Crippen LogP contribution is -2.32. The lowest BCUT2D eigenvalue weighted by molar-refractivity contribution is 0.0708. The summed E-state index contributed by atoms with van der Waals surface area (Å²) in [6.07, 6.45) is 4.23. The number of nitrogens with zero attached hydrogens (tertiary/aromatic N) is 2. The normalized spacial score (nSPS) is 10.5. The highest BCUT2D eigenvalue weighted by molar-refractivity contribution is 5.91. The summed E-state index contributed by atoms with van der Waals surface area (Å²) < 4.78 is 5.41. The number of rotatable bonds is 6. The average molecular weight is 273 g/mol. The van der Waals surface area contributed by atoms with Gasteiger partial charge in [0.2, 0.25) is 0 Å². The first-order chi connectivity index (χ1) is 9.70. The van der Waals surface area contributed by atoms with Gasteiger partial charge in [-0.05, 0) is 43.7 Å². The Bertz CT molecular complexity index is 551. The first-order valence-corrected chi connectivity index (χ1v) is 6.65. The predicted octanol–water partition coefficient (Wildman–Crippen LogP) is 1.97. The highest BCUT2D eigenvalue weighted by Gasteiger charge is 2.18. The summed E-state index contributed by atoms with van der Waals surface area (Å²) in [5.41, 5.74) is 6.53. The smallest absolute Gasteiger partial charge is 0.289 e. The zero-order valence-electron chi connectivity index (χ0n) is 11.6. The third kappa shape index (κ3) is 3.68. The summed E-state index contributed by atoms with van der Waals surface area (Å²) in [5, 5.41) is 0. The molecule has 0 saturated carbocycles. The third-order valence-electron chi connectivity index (χ3n) is 2.97. The van der Waals surface area contributed by atoms with Crippen molar-refractivity contribution < 1.29 is 9.21 Å². The highest BCUT2D eigenvalue weighted by Crippen LogP contribution is 2.12. The fraction of sp³-hybridized carbons (Fsp3) is 0.333. The maximum Gasteiger partial charge on any atom is 0.289 e. The second-order valence-electron chi connectivity index (χ2n) is 4.64. The Morgan fingerprint density at radius 1 is 1.40 bits per heavy atom. The fourth-order valence-electron chi connectivity index (χ4n) is 1.95. The Kier molecular flexibility index (Phi) is 4.90. The van der Waals surface area contributed by atoms with E-state index in [2.05, 4.69) is 4.98 Å². The molecule has 0 bridgehead atoms. The number of nitrogens with two attached hydrogens (primary N) is 1. The van der Waals surface area contributed by atoms with Gasteiger partial charge >= 0.3 is 0 Å². The Hall–Kier alpha value is -2.14. The number of furan rings is 1. The molecule has 0 saturated heterocycles. The minimum Gasteiger partial charge on any atom is -0.456 e. The first-order valence-electron chi connectivity index (χ1n) is 6.65. The van der Waals surface area contributed by atoms with E-state index in [9.17, 15) is 4.79 Å². The van der Waals surface area contributed by atoms with Gasteiger partial charge in [-0.2, -0.15) is 0 Å². The van der Waals surface area contributed by atoms with Crippen LogP contribution in [0, 0.1) is 6.92 Å². The van der Waals surface area contributed by atoms with Crippen LogP contribution in [-0.4, -0.2) is 28.9 Å². The van der Waals surface area contributed by atoms with Crippen molar-refractivity contribution in [2.45, 2.75) is 19.9 Å². The maximum atomic E-state index is 12.4. The van der Waals surface area contributed by atoms with Crippen molar-refractivity contribution in [3.05, 3.63) is 53.7 Å². The number of pyridine rings is 1. The lowest BCUT2D eigenvalue weighted by Gasteiger charge is -2.21. The van der Waals surface area contributed by atoms with Crippen LogP contribution in [0.1, 0.15) is 28.3 Å². The van der Waals surface area contributed by atoms with E-state index in [4.69, 9.17) is 10.2 Å². The number of hydrogen-bond acceptors (Lipinski definition) is 4. The molecule has 20 heavy (non-hydrogen) atoms. The van der Waals surface area contributed by atoms with Gasteiger partial charge in [-0.25, -0.2) is 0 Å². The van der Waals surface area contributed by atoms with Crippen LogP contribution in [-0.2, 0) is 6.54 Å². The number of carbonyl (C=O) groups excluding carboxylic acids is 1. The molecule has 5 heteroatoms. The lowest BCUT2D eigenvalue weighted by atomic mass is 10.2. The second kappa shape index (κ2) is 6.86. The number of aromatic nitrogens is 1. The molecule has 2 N–H and O–H groups in total.